The van der Waals surface area contributed by atoms with E-state index in [0.717, 1.165) is 29.9 Å². The third kappa shape index (κ3) is 4.59. The molecule has 0 aliphatic carbocycles. The fraction of sp³-hybridized carbons (Fsp3) is 0.500. The number of unbranched alkanes of at least 4 members (excludes halogenated alkanes) is 1. The molecule has 0 radical (unpaired) electrons. The third-order valence-electron chi connectivity index (χ3n) is 3.55. The normalized spacial score (nSPS) is 12.1. The van der Waals surface area contributed by atoms with Gasteiger partial charge in [-0.2, -0.15) is 5.10 Å². The van der Waals surface area contributed by atoms with E-state index in [2.05, 4.69) is 27.4 Å². The number of ether oxygens (including phenoxy) is 2. The molecule has 2 rings (SSSR count). The number of nitrogens with zero attached hydrogens (tertiary/aromatic N) is 1. The summed E-state index contributed by atoms with van der Waals surface area (Å²) < 4.78 is 11.3. The molecule has 1 heterocycles. The molecular formula is C16H24N4O3. The van der Waals surface area contributed by atoms with E-state index in [1.165, 1.54) is 0 Å². The Labute approximate surface area is 135 Å². The molecule has 1 unspecified atom stereocenters. The van der Waals surface area contributed by atoms with Gasteiger partial charge in [-0.3, -0.25) is 4.98 Å². The van der Waals surface area contributed by atoms with E-state index in [9.17, 15) is 4.79 Å². The van der Waals surface area contributed by atoms with E-state index < -0.39 is 0 Å². The second-order valence-electron chi connectivity index (χ2n) is 5.32. The van der Waals surface area contributed by atoms with Gasteiger partial charge < -0.3 is 14.8 Å². The molecule has 0 bridgehead atoms. The maximum atomic E-state index is 11.1. The summed E-state index contributed by atoms with van der Waals surface area (Å²) in [4.78, 5) is 13.8. The van der Waals surface area contributed by atoms with E-state index >= 15 is 0 Å². The Bertz CT molecular complexity index is 665. The van der Waals surface area contributed by atoms with E-state index in [0.29, 0.717) is 19.0 Å². The van der Waals surface area contributed by atoms with E-state index in [4.69, 9.17) is 9.47 Å². The van der Waals surface area contributed by atoms with Gasteiger partial charge in [0.15, 0.2) is 11.5 Å². The summed E-state index contributed by atoms with van der Waals surface area (Å²) in [5, 5.41) is 9.62. The molecule has 0 fully saturated rings. The first-order valence-electron chi connectivity index (χ1n) is 7.82. The summed E-state index contributed by atoms with van der Waals surface area (Å²) in [5.74, 6) is 2.06. The highest BCUT2D eigenvalue weighted by Crippen LogP contribution is 2.31. The van der Waals surface area contributed by atoms with Gasteiger partial charge in [-0.05, 0) is 19.4 Å². The van der Waals surface area contributed by atoms with Crippen molar-refractivity contribution in [1.82, 2.24) is 20.5 Å². The monoisotopic (exact) mass is 320 g/mol. The molecule has 7 nitrogen and oxygen atoms in total. The highest BCUT2D eigenvalue weighted by atomic mass is 16.5. The van der Waals surface area contributed by atoms with Gasteiger partial charge in [0.25, 0.3) is 0 Å². The van der Waals surface area contributed by atoms with Crippen LogP contribution in [0.4, 0.5) is 0 Å². The first-order chi connectivity index (χ1) is 11.2. The molecule has 126 valence electrons. The minimum absolute atomic E-state index is 0.0938. The van der Waals surface area contributed by atoms with Crippen molar-refractivity contribution in [3.63, 3.8) is 0 Å². The number of hydrogen-bond donors (Lipinski definition) is 3. The van der Waals surface area contributed by atoms with Crippen LogP contribution in [-0.2, 0) is 6.54 Å². The minimum atomic E-state index is -0.307. The molecule has 0 saturated carbocycles. The molecule has 2 aromatic rings. The standard InChI is InChI=1S/C16H24N4O3/c1-4-5-9-23-14-12(7-6-8-13(14)22-3)10-17-11(2)15-18-16(21)20-19-15/h6-8,11,17H,4-5,9-10H2,1-3H3,(H2,18,19,20,21). The average Bonchev–Trinajstić information content (AvgIpc) is 3.00. The predicted molar refractivity (Wildman–Crippen MR) is 87.9 cm³/mol. The fourth-order valence-electron chi connectivity index (χ4n) is 2.19. The molecule has 7 heteroatoms. The number of methoxy groups -OCH3 is 1. The van der Waals surface area contributed by atoms with Crippen LogP contribution in [0.3, 0.4) is 0 Å². The van der Waals surface area contributed by atoms with Gasteiger partial charge in [0.05, 0.1) is 19.8 Å². The van der Waals surface area contributed by atoms with E-state index in [1.807, 2.05) is 25.1 Å². The Kier molecular flexibility index (Phi) is 6.22. The van der Waals surface area contributed by atoms with E-state index in [1.54, 1.807) is 7.11 Å². The Morgan fingerprint density at radius 1 is 1.39 bits per heavy atom. The fourth-order valence-corrected chi connectivity index (χ4v) is 2.19. The topological polar surface area (TPSA) is 92.0 Å². The van der Waals surface area contributed by atoms with Crippen molar-refractivity contribution in [3.8, 4) is 11.5 Å². The van der Waals surface area contributed by atoms with Crippen molar-refractivity contribution < 1.29 is 9.47 Å². The van der Waals surface area contributed by atoms with Crippen LogP contribution in [0, 0.1) is 0 Å². The molecule has 0 spiro atoms. The molecule has 3 N–H and O–H groups in total. The second-order valence-corrected chi connectivity index (χ2v) is 5.32. The molecule has 0 amide bonds. The Morgan fingerprint density at radius 2 is 2.22 bits per heavy atom. The number of nitrogens with one attached hydrogen (secondary N) is 3. The number of hydrogen-bond acceptors (Lipinski definition) is 5. The van der Waals surface area contributed by atoms with Gasteiger partial charge in [0.1, 0.15) is 5.82 Å². The highest BCUT2D eigenvalue weighted by molar-refractivity contribution is 5.46. The van der Waals surface area contributed by atoms with Gasteiger partial charge in [0.2, 0.25) is 0 Å². The Hall–Kier alpha value is -2.28. The molecule has 0 aliphatic rings. The number of H-pyrrole nitrogens is 2. The lowest BCUT2D eigenvalue weighted by Gasteiger charge is -2.17. The van der Waals surface area contributed by atoms with Crippen molar-refractivity contribution in [2.45, 2.75) is 39.3 Å². The lowest BCUT2D eigenvalue weighted by Crippen LogP contribution is -2.20. The quantitative estimate of drug-likeness (QED) is 0.616. The van der Waals surface area contributed by atoms with Crippen molar-refractivity contribution >= 4 is 0 Å². The van der Waals surface area contributed by atoms with Gasteiger partial charge in [-0.15, -0.1) is 0 Å². The second kappa shape index (κ2) is 8.38. The van der Waals surface area contributed by atoms with Gasteiger partial charge in [-0.1, -0.05) is 25.5 Å². The maximum Gasteiger partial charge on any atom is 0.340 e. The van der Waals surface area contributed by atoms with Crippen molar-refractivity contribution in [1.29, 1.82) is 0 Å². The zero-order valence-electron chi connectivity index (χ0n) is 13.8. The SMILES string of the molecule is CCCCOc1c(CNC(C)c2n[nH]c(=O)[nH]2)cccc1OC. The van der Waals surface area contributed by atoms with Gasteiger partial charge >= 0.3 is 5.69 Å². The molecule has 23 heavy (non-hydrogen) atoms. The lowest BCUT2D eigenvalue weighted by atomic mass is 10.1. The highest BCUT2D eigenvalue weighted by Gasteiger charge is 2.13. The van der Waals surface area contributed by atoms with Gasteiger partial charge in [-0.25, -0.2) is 9.89 Å². The number of para-hydroxylation sites is 1. The van der Waals surface area contributed by atoms with Gasteiger partial charge in [0, 0.05) is 12.1 Å². The van der Waals surface area contributed by atoms with E-state index in [-0.39, 0.29) is 11.7 Å². The summed E-state index contributed by atoms with van der Waals surface area (Å²) in [6.07, 6.45) is 2.07. The Balaban J connectivity index is 2.07. The summed E-state index contributed by atoms with van der Waals surface area (Å²) in [7, 11) is 1.64. The van der Waals surface area contributed by atoms with Crippen LogP contribution in [-0.4, -0.2) is 28.9 Å². The summed E-state index contributed by atoms with van der Waals surface area (Å²) in [6, 6.07) is 5.73. The summed E-state index contributed by atoms with van der Waals surface area (Å²) >= 11 is 0. The predicted octanol–water partition coefficient (Wildman–Crippen LogP) is 2.14. The minimum Gasteiger partial charge on any atom is -0.493 e. The first kappa shape index (κ1) is 17.1. The maximum absolute atomic E-state index is 11.1. The molecule has 1 aromatic carbocycles. The van der Waals surface area contributed by atoms with Crippen LogP contribution in [0.2, 0.25) is 0 Å². The molecule has 0 saturated heterocycles. The molecule has 0 aliphatic heterocycles. The molecule has 1 atom stereocenters. The zero-order valence-corrected chi connectivity index (χ0v) is 13.8. The Morgan fingerprint density at radius 3 is 2.87 bits per heavy atom. The smallest absolute Gasteiger partial charge is 0.340 e. The van der Waals surface area contributed by atoms with Crippen molar-refractivity contribution in [2.75, 3.05) is 13.7 Å². The number of aromatic nitrogens is 3. The zero-order chi connectivity index (χ0) is 16.7. The molecule has 1 aromatic heterocycles. The summed E-state index contributed by atoms with van der Waals surface area (Å²) in [5.41, 5.74) is 0.698. The van der Waals surface area contributed by atoms with Crippen LogP contribution in [0.25, 0.3) is 0 Å². The largest absolute Gasteiger partial charge is 0.493 e. The van der Waals surface area contributed by atoms with Crippen molar-refractivity contribution in [2.24, 2.45) is 0 Å². The third-order valence-corrected chi connectivity index (χ3v) is 3.55. The van der Waals surface area contributed by atoms with Crippen molar-refractivity contribution in [3.05, 3.63) is 40.1 Å². The average molecular weight is 320 g/mol. The molecular weight excluding hydrogens is 296 g/mol. The van der Waals surface area contributed by atoms with Crippen LogP contribution in [0.15, 0.2) is 23.0 Å². The van der Waals surface area contributed by atoms with Crippen LogP contribution >= 0.6 is 0 Å². The van der Waals surface area contributed by atoms with Crippen LogP contribution in [0.5, 0.6) is 11.5 Å². The number of benzene rings is 1. The lowest BCUT2D eigenvalue weighted by molar-refractivity contribution is 0.284. The van der Waals surface area contributed by atoms with Crippen LogP contribution < -0.4 is 20.5 Å². The van der Waals surface area contributed by atoms with Crippen LogP contribution in [0.1, 0.15) is 44.1 Å². The number of rotatable bonds is 9. The summed E-state index contributed by atoms with van der Waals surface area (Å²) in [6.45, 7) is 5.30. The number of aromatic amines is 2. The first-order valence-corrected chi connectivity index (χ1v) is 7.82.